The van der Waals surface area contributed by atoms with Crippen LogP contribution in [0.15, 0.2) is 54.6 Å². The van der Waals surface area contributed by atoms with Crippen LogP contribution < -0.4 is 10.1 Å². The molecule has 4 rings (SSSR count). The highest BCUT2D eigenvalue weighted by Gasteiger charge is 2.38. The highest BCUT2D eigenvalue weighted by molar-refractivity contribution is 5.90. The lowest BCUT2D eigenvalue weighted by atomic mass is 9.76. The summed E-state index contributed by atoms with van der Waals surface area (Å²) in [4.78, 5) is 11.9. The molecule has 0 saturated carbocycles. The van der Waals surface area contributed by atoms with Crippen LogP contribution >= 0.6 is 0 Å². The molecule has 0 spiro atoms. The van der Waals surface area contributed by atoms with Gasteiger partial charge in [-0.1, -0.05) is 24.3 Å². The van der Waals surface area contributed by atoms with Gasteiger partial charge < -0.3 is 14.8 Å². The van der Waals surface area contributed by atoms with E-state index in [1.807, 2.05) is 30.3 Å². The molecule has 1 aliphatic heterocycles. The predicted molar refractivity (Wildman–Crippen MR) is 97.1 cm³/mol. The van der Waals surface area contributed by atoms with E-state index in [0.717, 1.165) is 17.9 Å². The number of carbonyl (C=O) groups excluding carboxylic acids is 1. The Kier molecular flexibility index (Phi) is 3.96. The lowest BCUT2D eigenvalue weighted by Crippen LogP contribution is -2.29. The number of allylic oxidation sites excluding steroid dienone is 2. The van der Waals surface area contributed by atoms with Crippen molar-refractivity contribution in [2.75, 3.05) is 19.5 Å². The van der Waals surface area contributed by atoms with Crippen molar-refractivity contribution in [2.45, 2.75) is 18.4 Å². The van der Waals surface area contributed by atoms with Crippen molar-refractivity contribution in [3.05, 3.63) is 71.3 Å². The van der Waals surface area contributed by atoms with Crippen LogP contribution in [0.2, 0.25) is 0 Å². The maximum absolute atomic E-state index is 11.9. The first-order chi connectivity index (χ1) is 12.2. The largest absolute Gasteiger partial charge is 0.497 e. The summed E-state index contributed by atoms with van der Waals surface area (Å²) < 4.78 is 10.1. The first-order valence-corrected chi connectivity index (χ1v) is 8.50. The maximum atomic E-state index is 11.9. The van der Waals surface area contributed by atoms with E-state index in [1.165, 1.54) is 18.2 Å². The van der Waals surface area contributed by atoms with Crippen LogP contribution in [-0.2, 0) is 4.74 Å². The molecule has 0 amide bonds. The Balaban J connectivity index is 1.71. The van der Waals surface area contributed by atoms with Gasteiger partial charge in [-0.05, 0) is 53.8 Å². The first-order valence-electron chi connectivity index (χ1n) is 8.50. The van der Waals surface area contributed by atoms with E-state index in [0.29, 0.717) is 17.4 Å². The number of ether oxygens (including phenoxy) is 2. The topological polar surface area (TPSA) is 47.6 Å². The van der Waals surface area contributed by atoms with Gasteiger partial charge in [0.1, 0.15) is 5.75 Å². The molecule has 4 nitrogen and oxygen atoms in total. The lowest BCUT2D eigenvalue weighted by Gasteiger charge is -2.37. The van der Waals surface area contributed by atoms with Gasteiger partial charge in [0.05, 0.1) is 25.8 Å². The molecule has 1 aliphatic carbocycles. The standard InChI is InChI=1S/C21H21NO3/c1-24-15-9-6-13(7-10-15)20-17-5-3-4-16(17)18-12-14(21(23)25-2)8-11-19(18)22-20/h3-4,6-12,16-17,20,22H,5H2,1-2H3. The average molecular weight is 335 g/mol. The van der Waals surface area contributed by atoms with Gasteiger partial charge in [0.15, 0.2) is 0 Å². The van der Waals surface area contributed by atoms with Gasteiger partial charge in [0, 0.05) is 11.6 Å². The van der Waals surface area contributed by atoms with E-state index in [-0.39, 0.29) is 12.0 Å². The number of methoxy groups -OCH3 is 2. The highest BCUT2D eigenvalue weighted by atomic mass is 16.5. The molecule has 1 heterocycles. The lowest BCUT2D eigenvalue weighted by molar-refractivity contribution is 0.0600. The number of rotatable bonds is 3. The van der Waals surface area contributed by atoms with Crippen LogP contribution in [0.1, 0.15) is 39.9 Å². The molecule has 3 unspecified atom stereocenters. The molecule has 2 aromatic rings. The van der Waals surface area contributed by atoms with E-state index in [4.69, 9.17) is 9.47 Å². The van der Waals surface area contributed by atoms with Crippen molar-refractivity contribution < 1.29 is 14.3 Å². The Labute approximate surface area is 147 Å². The van der Waals surface area contributed by atoms with Crippen LogP contribution in [0.3, 0.4) is 0 Å². The number of hydrogen-bond donors (Lipinski definition) is 1. The van der Waals surface area contributed by atoms with E-state index in [2.05, 4.69) is 29.6 Å². The summed E-state index contributed by atoms with van der Waals surface area (Å²) in [5.74, 6) is 1.32. The van der Waals surface area contributed by atoms with Gasteiger partial charge in [-0.3, -0.25) is 0 Å². The van der Waals surface area contributed by atoms with Gasteiger partial charge in [-0.15, -0.1) is 0 Å². The first kappa shape index (κ1) is 15.8. The third kappa shape index (κ3) is 2.68. The second-order valence-corrected chi connectivity index (χ2v) is 6.54. The van der Waals surface area contributed by atoms with Crippen LogP contribution in [-0.4, -0.2) is 20.2 Å². The molecule has 3 atom stereocenters. The molecule has 0 radical (unpaired) electrons. The summed E-state index contributed by atoms with van der Waals surface area (Å²) >= 11 is 0. The summed E-state index contributed by atoms with van der Waals surface area (Å²) in [6.07, 6.45) is 5.53. The third-order valence-corrected chi connectivity index (χ3v) is 5.26. The van der Waals surface area contributed by atoms with E-state index < -0.39 is 0 Å². The SMILES string of the molecule is COC(=O)c1ccc2c(c1)C1C=CCC1C(c1ccc(OC)cc1)N2. The number of esters is 1. The number of carbonyl (C=O) groups is 1. The van der Waals surface area contributed by atoms with Gasteiger partial charge in [0.2, 0.25) is 0 Å². The summed E-state index contributed by atoms with van der Waals surface area (Å²) in [7, 11) is 3.10. The Morgan fingerprint density at radius 3 is 2.64 bits per heavy atom. The van der Waals surface area contributed by atoms with Gasteiger partial charge in [0.25, 0.3) is 0 Å². The molecule has 2 aliphatic rings. The highest BCUT2D eigenvalue weighted by Crippen LogP contribution is 2.50. The summed E-state index contributed by atoms with van der Waals surface area (Å²) in [6.45, 7) is 0. The van der Waals surface area contributed by atoms with Crippen molar-refractivity contribution in [3.63, 3.8) is 0 Å². The Hall–Kier alpha value is -2.75. The van der Waals surface area contributed by atoms with Crippen molar-refractivity contribution >= 4 is 11.7 Å². The molecule has 0 aromatic heterocycles. The van der Waals surface area contributed by atoms with Crippen molar-refractivity contribution in [3.8, 4) is 5.75 Å². The van der Waals surface area contributed by atoms with Crippen LogP contribution in [0.5, 0.6) is 5.75 Å². The second-order valence-electron chi connectivity index (χ2n) is 6.54. The molecule has 25 heavy (non-hydrogen) atoms. The van der Waals surface area contributed by atoms with Crippen LogP contribution in [0.4, 0.5) is 5.69 Å². The molecule has 1 N–H and O–H groups in total. The Morgan fingerprint density at radius 1 is 1.12 bits per heavy atom. The van der Waals surface area contributed by atoms with Crippen LogP contribution in [0, 0.1) is 5.92 Å². The fourth-order valence-electron chi connectivity index (χ4n) is 3.98. The van der Waals surface area contributed by atoms with Gasteiger partial charge >= 0.3 is 5.97 Å². The van der Waals surface area contributed by atoms with Crippen molar-refractivity contribution in [2.24, 2.45) is 5.92 Å². The summed E-state index contributed by atoms with van der Waals surface area (Å²) in [6, 6.07) is 14.3. The quantitative estimate of drug-likeness (QED) is 0.671. The molecule has 128 valence electrons. The zero-order valence-corrected chi connectivity index (χ0v) is 14.4. The number of hydrogen-bond acceptors (Lipinski definition) is 4. The number of benzene rings is 2. The molecule has 2 aromatic carbocycles. The minimum atomic E-state index is -0.293. The number of nitrogens with one attached hydrogen (secondary N) is 1. The average Bonchev–Trinajstić information content (AvgIpc) is 3.16. The van der Waals surface area contributed by atoms with Crippen molar-refractivity contribution in [1.82, 2.24) is 0 Å². The van der Waals surface area contributed by atoms with Gasteiger partial charge in [-0.2, -0.15) is 0 Å². The summed E-state index contributed by atoms with van der Waals surface area (Å²) in [5.41, 5.74) is 4.11. The molecular weight excluding hydrogens is 314 g/mol. The zero-order chi connectivity index (χ0) is 17.4. The summed E-state index contributed by atoms with van der Waals surface area (Å²) in [5, 5.41) is 3.67. The second kappa shape index (κ2) is 6.28. The third-order valence-electron chi connectivity index (χ3n) is 5.26. The molecule has 0 bridgehead atoms. The van der Waals surface area contributed by atoms with E-state index in [1.54, 1.807) is 7.11 Å². The molecular formula is C21H21NO3. The van der Waals surface area contributed by atoms with Crippen molar-refractivity contribution in [1.29, 1.82) is 0 Å². The normalized spacial score (nSPS) is 23.4. The monoisotopic (exact) mass is 335 g/mol. The molecule has 4 heteroatoms. The van der Waals surface area contributed by atoms with Crippen LogP contribution in [0.25, 0.3) is 0 Å². The minimum Gasteiger partial charge on any atom is -0.497 e. The smallest absolute Gasteiger partial charge is 0.337 e. The molecule has 0 fully saturated rings. The fourth-order valence-corrected chi connectivity index (χ4v) is 3.98. The Morgan fingerprint density at radius 2 is 1.92 bits per heavy atom. The zero-order valence-electron chi connectivity index (χ0n) is 14.4. The number of fused-ring (bicyclic) bond motifs is 3. The fraction of sp³-hybridized carbons (Fsp3) is 0.286. The van der Waals surface area contributed by atoms with E-state index >= 15 is 0 Å². The minimum absolute atomic E-state index is 0.238. The molecule has 0 saturated heterocycles. The number of anilines is 1. The Bertz CT molecular complexity index is 826. The maximum Gasteiger partial charge on any atom is 0.337 e. The van der Waals surface area contributed by atoms with Gasteiger partial charge in [-0.25, -0.2) is 4.79 Å². The van der Waals surface area contributed by atoms with E-state index in [9.17, 15) is 4.79 Å². The predicted octanol–water partition coefficient (Wildman–Crippen LogP) is 4.31.